The number of rotatable bonds is 3. The number of thiazole rings is 1. The quantitative estimate of drug-likeness (QED) is 0.944. The van der Waals surface area contributed by atoms with Crippen LogP contribution in [-0.2, 0) is 18.4 Å². The van der Waals surface area contributed by atoms with Gasteiger partial charge >= 0.3 is 0 Å². The van der Waals surface area contributed by atoms with Crippen molar-refractivity contribution in [3.05, 3.63) is 44.9 Å². The van der Waals surface area contributed by atoms with Crippen molar-refractivity contribution in [2.24, 2.45) is 5.73 Å². The van der Waals surface area contributed by atoms with Crippen molar-refractivity contribution in [3.8, 4) is 5.75 Å². The summed E-state index contributed by atoms with van der Waals surface area (Å²) in [7, 11) is 1.70. The first-order valence-corrected chi connectivity index (χ1v) is 8.23. The van der Waals surface area contributed by atoms with E-state index in [0.29, 0.717) is 0 Å². The number of aryl methyl sites for hydroxylation is 3. The fraction of sp³-hybridized carbons (Fsp3) is 0.471. The number of hydrogen-bond acceptors (Lipinski definition) is 4. The molecule has 0 saturated carbocycles. The molecule has 21 heavy (non-hydrogen) atoms. The highest BCUT2D eigenvalue weighted by molar-refractivity contribution is 7.11. The summed E-state index contributed by atoms with van der Waals surface area (Å²) < 4.78 is 5.38. The van der Waals surface area contributed by atoms with E-state index >= 15 is 0 Å². The van der Waals surface area contributed by atoms with Gasteiger partial charge in [-0.2, -0.15) is 0 Å². The SMILES string of the molecule is COc1ccc2c(c1)C(N)(Cc1nc(C)c(C)s1)CCC2. The Kier molecular flexibility index (Phi) is 3.76. The zero-order valence-corrected chi connectivity index (χ0v) is 13.7. The van der Waals surface area contributed by atoms with Gasteiger partial charge in [0.05, 0.1) is 17.8 Å². The lowest BCUT2D eigenvalue weighted by Gasteiger charge is -2.35. The number of fused-ring (bicyclic) bond motifs is 1. The van der Waals surface area contributed by atoms with Gasteiger partial charge in [-0.15, -0.1) is 11.3 Å². The molecule has 0 bridgehead atoms. The zero-order valence-electron chi connectivity index (χ0n) is 12.9. The van der Waals surface area contributed by atoms with E-state index in [2.05, 4.69) is 31.0 Å². The number of benzene rings is 1. The highest BCUT2D eigenvalue weighted by Crippen LogP contribution is 2.38. The first kappa shape index (κ1) is 14.5. The molecule has 1 heterocycles. The summed E-state index contributed by atoms with van der Waals surface area (Å²) in [5.41, 5.74) is 10.2. The molecule has 0 spiro atoms. The van der Waals surface area contributed by atoms with Crippen molar-refractivity contribution in [3.63, 3.8) is 0 Å². The molecule has 1 aromatic carbocycles. The minimum Gasteiger partial charge on any atom is -0.497 e. The van der Waals surface area contributed by atoms with Gasteiger partial charge in [-0.25, -0.2) is 4.98 Å². The molecule has 2 aromatic rings. The van der Waals surface area contributed by atoms with Crippen LogP contribution in [0.15, 0.2) is 18.2 Å². The van der Waals surface area contributed by atoms with Crippen molar-refractivity contribution in [1.82, 2.24) is 4.98 Å². The molecule has 0 aliphatic heterocycles. The van der Waals surface area contributed by atoms with E-state index in [9.17, 15) is 0 Å². The standard InChI is InChI=1S/C17H22N2OS/c1-11-12(2)21-16(19-11)10-17(18)8-4-5-13-6-7-14(20-3)9-15(13)17/h6-7,9H,4-5,8,10,18H2,1-3H3. The number of hydrogen-bond donors (Lipinski definition) is 1. The lowest BCUT2D eigenvalue weighted by Crippen LogP contribution is -2.42. The Balaban J connectivity index is 1.98. The normalized spacial score (nSPS) is 21.1. The lowest BCUT2D eigenvalue weighted by molar-refractivity contribution is 0.362. The molecule has 3 rings (SSSR count). The van der Waals surface area contributed by atoms with Crippen LogP contribution in [0.4, 0.5) is 0 Å². The lowest BCUT2D eigenvalue weighted by atomic mass is 9.75. The van der Waals surface area contributed by atoms with E-state index in [1.807, 2.05) is 6.07 Å². The second-order valence-corrected chi connectivity index (χ2v) is 7.25. The summed E-state index contributed by atoms with van der Waals surface area (Å²) in [6, 6.07) is 6.30. The van der Waals surface area contributed by atoms with Crippen LogP contribution >= 0.6 is 11.3 Å². The summed E-state index contributed by atoms with van der Waals surface area (Å²) in [5.74, 6) is 0.886. The Morgan fingerprint density at radius 2 is 2.19 bits per heavy atom. The van der Waals surface area contributed by atoms with Gasteiger partial charge in [-0.1, -0.05) is 6.07 Å². The van der Waals surface area contributed by atoms with Crippen molar-refractivity contribution < 1.29 is 4.74 Å². The molecule has 0 saturated heterocycles. The van der Waals surface area contributed by atoms with Crippen LogP contribution in [0.1, 0.15) is 39.5 Å². The maximum atomic E-state index is 6.80. The Bertz CT molecular complexity index is 645. The summed E-state index contributed by atoms with van der Waals surface area (Å²) in [5, 5.41) is 1.14. The van der Waals surface area contributed by atoms with E-state index in [-0.39, 0.29) is 5.54 Å². The smallest absolute Gasteiger partial charge is 0.119 e. The van der Waals surface area contributed by atoms with Gasteiger partial charge < -0.3 is 10.5 Å². The van der Waals surface area contributed by atoms with Crippen LogP contribution in [0, 0.1) is 13.8 Å². The van der Waals surface area contributed by atoms with Crippen LogP contribution in [0.3, 0.4) is 0 Å². The van der Waals surface area contributed by atoms with Gasteiger partial charge in [-0.05, 0) is 56.4 Å². The molecule has 1 aliphatic rings. The number of ether oxygens (including phenoxy) is 1. The number of aromatic nitrogens is 1. The van der Waals surface area contributed by atoms with Crippen LogP contribution in [0.25, 0.3) is 0 Å². The van der Waals surface area contributed by atoms with E-state index in [0.717, 1.165) is 42.1 Å². The summed E-state index contributed by atoms with van der Waals surface area (Å²) >= 11 is 1.77. The monoisotopic (exact) mass is 302 g/mol. The van der Waals surface area contributed by atoms with E-state index in [1.54, 1.807) is 18.4 Å². The highest BCUT2D eigenvalue weighted by atomic mass is 32.1. The van der Waals surface area contributed by atoms with Crippen LogP contribution < -0.4 is 10.5 Å². The van der Waals surface area contributed by atoms with Crippen LogP contribution in [0.5, 0.6) is 5.75 Å². The minimum atomic E-state index is -0.321. The summed E-state index contributed by atoms with van der Waals surface area (Å²) in [6.45, 7) is 4.19. The number of nitrogens with zero attached hydrogens (tertiary/aromatic N) is 1. The maximum absolute atomic E-state index is 6.80. The molecule has 0 radical (unpaired) electrons. The van der Waals surface area contributed by atoms with E-state index in [4.69, 9.17) is 10.5 Å². The van der Waals surface area contributed by atoms with Crippen molar-refractivity contribution >= 4 is 11.3 Å². The van der Waals surface area contributed by atoms with Gasteiger partial charge in [0.1, 0.15) is 5.75 Å². The third-order valence-corrected chi connectivity index (χ3v) is 5.53. The second kappa shape index (κ2) is 5.43. The van der Waals surface area contributed by atoms with Gasteiger partial charge in [-0.3, -0.25) is 0 Å². The van der Waals surface area contributed by atoms with Gasteiger partial charge in [0, 0.05) is 16.8 Å². The fourth-order valence-corrected chi connectivity index (χ4v) is 4.22. The topological polar surface area (TPSA) is 48.1 Å². The van der Waals surface area contributed by atoms with Crippen LogP contribution in [0.2, 0.25) is 0 Å². The third kappa shape index (κ3) is 2.70. The third-order valence-electron chi connectivity index (χ3n) is 4.46. The van der Waals surface area contributed by atoms with Gasteiger partial charge in [0.2, 0.25) is 0 Å². The molecule has 1 atom stereocenters. The predicted molar refractivity (Wildman–Crippen MR) is 87.1 cm³/mol. The molecule has 1 aliphatic carbocycles. The number of nitrogens with two attached hydrogens (primary N) is 1. The maximum Gasteiger partial charge on any atom is 0.119 e. The molecule has 1 unspecified atom stereocenters. The number of methoxy groups -OCH3 is 1. The highest BCUT2D eigenvalue weighted by Gasteiger charge is 2.34. The largest absolute Gasteiger partial charge is 0.497 e. The summed E-state index contributed by atoms with van der Waals surface area (Å²) in [4.78, 5) is 5.96. The van der Waals surface area contributed by atoms with Crippen molar-refractivity contribution in [2.45, 2.75) is 45.1 Å². The van der Waals surface area contributed by atoms with Crippen LogP contribution in [-0.4, -0.2) is 12.1 Å². The fourth-order valence-electron chi connectivity index (χ4n) is 3.16. The molecule has 2 N–H and O–H groups in total. The average Bonchev–Trinajstić information content (AvgIpc) is 2.77. The van der Waals surface area contributed by atoms with Gasteiger partial charge in [0.25, 0.3) is 0 Å². The molecule has 1 aromatic heterocycles. The van der Waals surface area contributed by atoms with Crippen molar-refractivity contribution in [2.75, 3.05) is 7.11 Å². The summed E-state index contributed by atoms with van der Waals surface area (Å²) in [6.07, 6.45) is 4.06. The molecular formula is C17H22N2OS. The molecule has 0 amide bonds. The first-order valence-electron chi connectivity index (χ1n) is 7.41. The minimum absolute atomic E-state index is 0.321. The molecular weight excluding hydrogens is 280 g/mol. The molecule has 4 heteroatoms. The van der Waals surface area contributed by atoms with Crippen molar-refractivity contribution in [1.29, 1.82) is 0 Å². The second-order valence-electron chi connectivity index (χ2n) is 5.96. The Hall–Kier alpha value is -1.39. The molecule has 3 nitrogen and oxygen atoms in total. The van der Waals surface area contributed by atoms with Gasteiger partial charge in [0.15, 0.2) is 0 Å². The zero-order chi connectivity index (χ0) is 15.0. The first-order chi connectivity index (χ1) is 10.0. The predicted octanol–water partition coefficient (Wildman–Crippen LogP) is 3.50. The van der Waals surface area contributed by atoms with E-state index < -0.39 is 0 Å². The average molecular weight is 302 g/mol. The Morgan fingerprint density at radius 3 is 2.86 bits per heavy atom. The Labute approximate surface area is 130 Å². The molecule has 0 fully saturated rings. The molecule has 112 valence electrons. The van der Waals surface area contributed by atoms with E-state index in [1.165, 1.54) is 16.0 Å². The Morgan fingerprint density at radius 1 is 1.38 bits per heavy atom.